The molecule has 1 fully saturated rings. The Kier molecular flexibility index (Phi) is 3.88. The quantitative estimate of drug-likeness (QED) is 0.837. The molecule has 0 bridgehead atoms. The van der Waals surface area contributed by atoms with Gasteiger partial charge in [-0.05, 0) is 30.0 Å². The van der Waals surface area contributed by atoms with Crippen LogP contribution in [0.25, 0.3) is 0 Å². The highest BCUT2D eigenvalue weighted by molar-refractivity contribution is 6.33. The van der Waals surface area contributed by atoms with Crippen LogP contribution in [0.5, 0.6) is 0 Å². The molecule has 1 atom stereocenters. The van der Waals surface area contributed by atoms with Gasteiger partial charge in [0.25, 0.3) is 0 Å². The van der Waals surface area contributed by atoms with E-state index >= 15 is 0 Å². The monoisotopic (exact) mass is 266 g/mol. The third kappa shape index (κ3) is 2.99. The summed E-state index contributed by atoms with van der Waals surface area (Å²) in [6.07, 6.45) is 0. The first-order valence-corrected chi connectivity index (χ1v) is 7.00. The third-order valence-electron chi connectivity index (χ3n) is 3.66. The van der Waals surface area contributed by atoms with Gasteiger partial charge in [-0.15, -0.1) is 0 Å². The molecule has 0 aromatic heterocycles. The fraction of sp³-hybridized carbons (Fsp3) is 0.600. The Morgan fingerprint density at radius 2 is 2.06 bits per heavy atom. The number of hydrogen-bond donors (Lipinski definition) is 1. The minimum atomic E-state index is 0.273. The molecule has 0 spiro atoms. The molecule has 3 heteroatoms. The Hall–Kier alpha value is -0.730. The van der Waals surface area contributed by atoms with Gasteiger partial charge in [0.2, 0.25) is 0 Å². The zero-order valence-corrected chi connectivity index (χ0v) is 12.5. The van der Waals surface area contributed by atoms with E-state index in [9.17, 15) is 0 Å². The van der Waals surface area contributed by atoms with Gasteiger partial charge in [0.1, 0.15) is 0 Å². The predicted molar refractivity (Wildman–Crippen MR) is 79.6 cm³/mol. The fourth-order valence-electron chi connectivity index (χ4n) is 2.41. The van der Waals surface area contributed by atoms with Crippen molar-refractivity contribution in [3.8, 4) is 0 Å². The Morgan fingerprint density at radius 1 is 1.33 bits per heavy atom. The largest absolute Gasteiger partial charge is 0.367 e. The van der Waals surface area contributed by atoms with Gasteiger partial charge in [-0.25, -0.2) is 0 Å². The normalized spacial score (nSPS) is 21.2. The van der Waals surface area contributed by atoms with Crippen molar-refractivity contribution >= 4 is 17.3 Å². The molecule has 1 unspecified atom stereocenters. The van der Waals surface area contributed by atoms with E-state index in [0.717, 1.165) is 24.7 Å². The molecule has 2 nitrogen and oxygen atoms in total. The summed E-state index contributed by atoms with van der Waals surface area (Å²) < 4.78 is 0. The van der Waals surface area contributed by atoms with Gasteiger partial charge in [0.15, 0.2) is 0 Å². The first-order chi connectivity index (χ1) is 8.38. The summed E-state index contributed by atoms with van der Waals surface area (Å²) in [4.78, 5) is 2.40. The van der Waals surface area contributed by atoms with E-state index in [4.69, 9.17) is 11.6 Å². The second-order valence-electron chi connectivity index (χ2n) is 6.27. The van der Waals surface area contributed by atoms with Crippen molar-refractivity contribution in [3.63, 3.8) is 0 Å². The van der Waals surface area contributed by atoms with Gasteiger partial charge in [0, 0.05) is 25.7 Å². The van der Waals surface area contributed by atoms with E-state index in [-0.39, 0.29) is 5.41 Å². The van der Waals surface area contributed by atoms with Gasteiger partial charge in [0.05, 0.1) is 10.7 Å². The van der Waals surface area contributed by atoms with Gasteiger partial charge >= 0.3 is 0 Å². The Morgan fingerprint density at radius 3 is 2.72 bits per heavy atom. The van der Waals surface area contributed by atoms with E-state index in [1.807, 2.05) is 6.07 Å². The molecule has 0 radical (unpaired) electrons. The summed E-state index contributed by atoms with van der Waals surface area (Å²) in [5.74, 6) is 0. The van der Waals surface area contributed by atoms with Crippen LogP contribution in [0.4, 0.5) is 5.69 Å². The third-order valence-corrected chi connectivity index (χ3v) is 3.98. The number of aryl methyl sites for hydroxylation is 1. The van der Waals surface area contributed by atoms with Crippen LogP contribution >= 0.6 is 11.6 Å². The molecule has 18 heavy (non-hydrogen) atoms. The summed E-state index contributed by atoms with van der Waals surface area (Å²) >= 11 is 6.33. The van der Waals surface area contributed by atoms with Crippen molar-refractivity contribution in [3.05, 3.63) is 28.8 Å². The van der Waals surface area contributed by atoms with Crippen LogP contribution in [0.15, 0.2) is 18.2 Å². The van der Waals surface area contributed by atoms with E-state index in [1.54, 1.807) is 0 Å². The summed E-state index contributed by atoms with van der Waals surface area (Å²) in [6.45, 7) is 12.0. The summed E-state index contributed by atoms with van der Waals surface area (Å²) in [7, 11) is 0. The molecule has 0 amide bonds. The van der Waals surface area contributed by atoms with Crippen LogP contribution in [-0.2, 0) is 0 Å². The average molecular weight is 267 g/mol. The molecular formula is C15H23ClN2. The Balaban J connectivity index is 2.21. The second-order valence-corrected chi connectivity index (χ2v) is 6.68. The van der Waals surface area contributed by atoms with Crippen LogP contribution in [0.2, 0.25) is 5.02 Å². The molecule has 1 aliphatic rings. The summed E-state index contributed by atoms with van der Waals surface area (Å²) in [5, 5.41) is 4.46. The lowest BCUT2D eigenvalue weighted by atomic mass is 9.85. The SMILES string of the molecule is Cc1ccc(Cl)c(N2CCNC(C(C)(C)C)C2)c1. The first kappa shape index (κ1) is 13.7. The van der Waals surface area contributed by atoms with E-state index in [2.05, 4.69) is 50.0 Å². The van der Waals surface area contributed by atoms with Crippen molar-refractivity contribution in [1.29, 1.82) is 0 Å². The number of anilines is 1. The standard InChI is InChI=1S/C15H23ClN2/c1-11-5-6-12(16)13(9-11)18-8-7-17-14(10-18)15(2,3)4/h5-6,9,14,17H,7-8,10H2,1-4H3. The van der Waals surface area contributed by atoms with E-state index < -0.39 is 0 Å². The minimum Gasteiger partial charge on any atom is -0.367 e. The lowest BCUT2D eigenvalue weighted by Gasteiger charge is -2.41. The maximum absolute atomic E-state index is 6.33. The maximum Gasteiger partial charge on any atom is 0.0639 e. The van der Waals surface area contributed by atoms with Crippen LogP contribution < -0.4 is 10.2 Å². The minimum absolute atomic E-state index is 0.273. The number of hydrogen-bond acceptors (Lipinski definition) is 2. The molecule has 1 aromatic rings. The molecule has 1 N–H and O–H groups in total. The second kappa shape index (κ2) is 5.10. The molecular weight excluding hydrogens is 244 g/mol. The molecule has 1 heterocycles. The number of benzene rings is 1. The van der Waals surface area contributed by atoms with Crippen LogP contribution in [0.1, 0.15) is 26.3 Å². The number of nitrogens with zero attached hydrogens (tertiary/aromatic N) is 1. The zero-order chi connectivity index (χ0) is 13.3. The van der Waals surface area contributed by atoms with Gasteiger partial charge in [-0.2, -0.15) is 0 Å². The lowest BCUT2D eigenvalue weighted by Crippen LogP contribution is -2.56. The smallest absolute Gasteiger partial charge is 0.0639 e. The lowest BCUT2D eigenvalue weighted by molar-refractivity contribution is 0.254. The summed E-state index contributed by atoms with van der Waals surface area (Å²) in [5.41, 5.74) is 2.71. The number of piperazine rings is 1. The van der Waals surface area contributed by atoms with Crippen LogP contribution in [-0.4, -0.2) is 25.7 Å². The topological polar surface area (TPSA) is 15.3 Å². The van der Waals surface area contributed by atoms with E-state index in [1.165, 1.54) is 11.3 Å². The van der Waals surface area contributed by atoms with Crippen molar-refractivity contribution in [2.24, 2.45) is 5.41 Å². The molecule has 1 aliphatic heterocycles. The highest BCUT2D eigenvalue weighted by atomic mass is 35.5. The van der Waals surface area contributed by atoms with Gasteiger partial charge in [-0.3, -0.25) is 0 Å². The van der Waals surface area contributed by atoms with Crippen molar-refractivity contribution in [2.45, 2.75) is 33.7 Å². The predicted octanol–water partition coefficient (Wildman–Crippen LogP) is 3.47. The molecule has 1 saturated heterocycles. The highest BCUT2D eigenvalue weighted by Crippen LogP contribution is 2.30. The van der Waals surface area contributed by atoms with Gasteiger partial charge < -0.3 is 10.2 Å². The Bertz CT molecular complexity index is 423. The van der Waals surface area contributed by atoms with Crippen molar-refractivity contribution in [1.82, 2.24) is 5.32 Å². The molecule has 100 valence electrons. The Labute approximate surface area is 115 Å². The summed E-state index contributed by atoms with van der Waals surface area (Å²) in [6, 6.07) is 6.76. The molecule has 0 aliphatic carbocycles. The zero-order valence-electron chi connectivity index (χ0n) is 11.8. The molecule has 0 saturated carbocycles. The number of rotatable bonds is 1. The van der Waals surface area contributed by atoms with Crippen molar-refractivity contribution in [2.75, 3.05) is 24.5 Å². The van der Waals surface area contributed by atoms with Crippen LogP contribution in [0.3, 0.4) is 0 Å². The number of halogens is 1. The number of nitrogens with one attached hydrogen (secondary N) is 1. The molecule has 1 aromatic carbocycles. The maximum atomic E-state index is 6.33. The fourth-order valence-corrected chi connectivity index (χ4v) is 2.65. The average Bonchev–Trinajstić information content (AvgIpc) is 2.31. The van der Waals surface area contributed by atoms with E-state index in [0.29, 0.717) is 6.04 Å². The highest BCUT2D eigenvalue weighted by Gasteiger charge is 2.29. The molecule has 2 rings (SSSR count). The first-order valence-electron chi connectivity index (χ1n) is 6.62. The van der Waals surface area contributed by atoms with Gasteiger partial charge in [-0.1, -0.05) is 38.4 Å². The van der Waals surface area contributed by atoms with Crippen LogP contribution in [0, 0.1) is 12.3 Å². The van der Waals surface area contributed by atoms with Crippen molar-refractivity contribution < 1.29 is 0 Å².